The van der Waals surface area contributed by atoms with Gasteiger partial charge in [0.25, 0.3) is 0 Å². The summed E-state index contributed by atoms with van der Waals surface area (Å²) < 4.78 is 6.05. The van der Waals surface area contributed by atoms with Crippen LogP contribution < -0.4 is 5.73 Å². The Balaban J connectivity index is 2.74. The first-order chi connectivity index (χ1) is 6.79. The summed E-state index contributed by atoms with van der Waals surface area (Å²) in [4.78, 5) is 2.48. The molecule has 0 radical (unpaired) electrons. The summed E-state index contributed by atoms with van der Waals surface area (Å²) in [6.07, 6.45) is 1.11. The van der Waals surface area contributed by atoms with Crippen molar-refractivity contribution in [3.8, 4) is 0 Å². The van der Waals surface area contributed by atoms with Crippen LogP contribution in [-0.4, -0.2) is 41.8 Å². The Bertz CT molecular complexity index is 194. The van der Waals surface area contributed by atoms with Gasteiger partial charge in [-0.2, -0.15) is 0 Å². The average molecular weight is 214 g/mol. The second-order valence-corrected chi connectivity index (χ2v) is 5.82. The monoisotopic (exact) mass is 214 g/mol. The van der Waals surface area contributed by atoms with Crippen LogP contribution in [-0.2, 0) is 4.74 Å². The Morgan fingerprint density at radius 2 is 1.67 bits per heavy atom. The van der Waals surface area contributed by atoms with E-state index >= 15 is 0 Å². The van der Waals surface area contributed by atoms with Crippen LogP contribution in [0.4, 0.5) is 0 Å². The van der Waals surface area contributed by atoms with E-state index in [0.717, 1.165) is 26.1 Å². The fourth-order valence-electron chi connectivity index (χ4n) is 2.68. The summed E-state index contributed by atoms with van der Waals surface area (Å²) in [5.41, 5.74) is 5.68. The van der Waals surface area contributed by atoms with E-state index in [4.69, 9.17) is 10.5 Å². The molecule has 0 aromatic heterocycles. The molecule has 0 aliphatic carbocycles. The number of ether oxygens (including phenoxy) is 1. The first-order valence-electron chi connectivity index (χ1n) is 5.94. The number of hydrogen-bond donors (Lipinski definition) is 1. The molecule has 1 aliphatic rings. The zero-order valence-corrected chi connectivity index (χ0v) is 10.8. The highest BCUT2D eigenvalue weighted by atomic mass is 16.5. The molecule has 3 nitrogen and oxygen atoms in total. The minimum Gasteiger partial charge on any atom is -0.367 e. The van der Waals surface area contributed by atoms with Gasteiger partial charge in [0.1, 0.15) is 0 Å². The van der Waals surface area contributed by atoms with Gasteiger partial charge >= 0.3 is 0 Å². The summed E-state index contributed by atoms with van der Waals surface area (Å²) in [5, 5.41) is 0. The maximum atomic E-state index is 6.05. The molecule has 15 heavy (non-hydrogen) atoms. The molecule has 1 unspecified atom stereocenters. The number of nitrogens with zero attached hydrogens (tertiary/aromatic N) is 1. The van der Waals surface area contributed by atoms with Crippen molar-refractivity contribution in [2.45, 2.75) is 58.3 Å². The highest BCUT2D eigenvalue weighted by Crippen LogP contribution is 2.29. The third kappa shape index (κ3) is 3.44. The van der Waals surface area contributed by atoms with Crippen molar-refractivity contribution >= 4 is 0 Å². The summed E-state index contributed by atoms with van der Waals surface area (Å²) in [7, 11) is 0. The molecular weight excluding hydrogens is 188 g/mol. The standard InChI is InChI=1S/C12H26N2O/c1-6-10(7-13)14-8-11(2,3)15-12(4,5)9-14/h10H,6-9,13H2,1-5H3. The number of rotatable bonds is 3. The molecule has 1 aliphatic heterocycles. The Morgan fingerprint density at radius 1 is 1.20 bits per heavy atom. The van der Waals surface area contributed by atoms with E-state index < -0.39 is 0 Å². The minimum atomic E-state index is -0.0651. The highest BCUT2D eigenvalue weighted by Gasteiger charge is 2.39. The predicted molar refractivity (Wildman–Crippen MR) is 63.9 cm³/mol. The van der Waals surface area contributed by atoms with Crippen LogP contribution >= 0.6 is 0 Å². The van der Waals surface area contributed by atoms with E-state index in [2.05, 4.69) is 39.5 Å². The Labute approximate surface area is 94.0 Å². The third-order valence-electron chi connectivity index (χ3n) is 2.98. The number of morpholine rings is 1. The van der Waals surface area contributed by atoms with Gasteiger partial charge in [-0.3, -0.25) is 4.90 Å². The summed E-state index contributed by atoms with van der Waals surface area (Å²) in [6.45, 7) is 13.5. The minimum absolute atomic E-state index is 0.0651. The van der Waals surface area contributed by atoms with Crippen molar-refractivity contribution in [2.24, 2.45) is 5.73 Å². The zero-order chi connectivity index (χ0) is 11.7. The Hall–Kier alpha value is -0.120. The second kappa shape index (κ2) is 4.40. The normalized spacial score (nSPS) is 27.6. The molecule has 0 aromatic carbocycles. The maximum absolute atomic E-state index is 6.05. The molecule has 3 heteroatoms. The molecule has 90 valence electrons. The highest BCUT2D eigenvalue weighted by molar-refractivity contribution is 4.91. The van der Waals surface area contributed by atoms with Gasteiger partial charge < -0.3 is 10.5 Å². The van der Waals surface area contributed by atoms with Crippen molar-refractivity contribution < 1.29 is 4.74 Å². The fraction of sp³-hybridized carbons (Fsp3) is 1.00. The van der Waals surface area contributed by atoms with Crippen molar-refractivity contribution in [1.82, 2.24) is 4.90 Å². The lowest BCUT2D eigenvalue weighted by molar-refractivity contribution is -0.187. The molecule has 0 amide bonds. The first-order valence-corrected chi connectivity index (χ1v) is 5.94. The van der Waals surface area contributed by atoms with E-state index in [9.17, 15) is 0 Å². The molecule has 2 N–H and O–H groups in total. The zero-order valence-electron chi connectivity index (χ0n) is 10.8. The quantitative estimate of drug-likeness (QED) is 0.776. The van der Waals surface area contributed by atoms with Crippen molar-refractivity contribution in [3.63, 3.8) is 0 Å². The van der Waals surface area contributed by atoms with Crippen LogP contribution in [0.25, 0.3) is 0 Å². The molecule has 1 heterocycles. The van der Waals surface area contributed by atoms with Gasteiger partial charge in [-0.15, -0.1) is 0 Å². The predicted octanol–water partition coefficient (Wildman–Crippen LogP) is 1.61. The molecular formula is C12H26N2O. The lowest BCUT2D eigenvalue weighted by Crippen LogP contribution is -2.60. The fourth-order valence-corrected chi connectivity index (χ4v) is 2.68. The average Bonchev–Trinajstić information content (AvgIpc) is 2.00. The van der Waals surface area contributed by atoms with Crippen LogP contribution in [0.5, 0.6) is 0 Å². The van der Waals surface area contributed by atoms with E-state index in [1.54, 1.807) is 0 Å². The van der Waals surface area contributed by atoms with Gasteiger partial charge in [0, 0.05) is 25.7 Å². The van der Waals surface area contributed by atoms with E-state index in [0.29, 0.717) is 6.04 Å². The van der Waals surface area contributed by atoms with Crippen molar-refractivity contribution in [2.75, 3.05) is 19.6 Å². The summed E-state index contributed by atoms with van der Waals surface area (Å²) in [5.74, 6) is 0. The van der Waals surface area contributed by atoms with Gasteiger partial charge in [0.15, 0.2) is 0 Å². The van der Waals surface area contributed by atoms with Gasteiger partial charge in [0.05, 0.1) is 11.2 Å². The van der Waals surface area contributed by atoms with E-state index in [1.807, 2.05) is 0 Å². The molecule has 0 spiro atoms. The molecule has 0 aromatic rings. The lowest BCUT2D eigenvalue weighted by atomic mass is 9.96. The van der Waals surface area contributed by atoms with Gasteiger partial charge in [-0.1, -0.05) is 6.92 Å². The number of nitrogens with two attached hydrogens (primary N) is 1. The van der Waals surface area contributed by atoms with Crippen LogP contribution in [0.2, 0.25) is 0 Å². The maximum Gasteiger partial charge on any atom is 0.0760 e. The number of hydrogen-bond acceptors (Lipinski definition) is 3. The van der Waals surface area contributed by atoms with Gasteiger partial charge in [-0.25, -0.2) is 0 Å². The smallest absolute Gasteiger partial charge is 0.0760 e. The largest absolute Gasteiger partial charge is 0.367 e. The molecule has 1 rings (SSSR count). The second-order valence-electron chi connectivity index (χ2n) is 5.82. The van der Waals surface area contributed by atoms with Crippen LogP contribution in [0, 0.1) is 0 Å². The third-order valence-corrected chi connectivity index (χ3v) is 2.98. The van der Waals surface area contributed by atoms with E-state index in [-0.39, 0.29) is 11.2 Å². The van der Waals surface area contributed by atoms with Gasteiger partial charge in [-0.05, 0) is 34.1 Å². The molecule has 0 saturated carbocycles. The first kappa shape index (κ1) is 12.9. The van der Waals surface area contributed by atoms with E-state index in [1.165, 1.54) is 0 Å². The Morgan fingerprint density at radius 3 is 2.00 bits per heavy atom. The topological polar surface area (TPSA) is 38.5 Å². The summed E-state index contributed by atoms with van der Waals surface area (Å²) >= 11 is 0. The van der Waals surface area contributed by atoms with Crippen LogP contribution in [0.3, 0.4) is 0 Å². The van der Waals surface area contributed by atoms with Crippen molar-refractivity contribution in [3.05, 3.63) is 0 Å². The lowest BCUT2D eigenvalue weighted by Gasteiger charge is -2.49. The van der Waals surface area contributed by atoms with Gasteiger partial charge in [0.2, 0.25) is 0 Å². The Kier molecular flexibility index (Phi) is 3.80. The van der Waals surface area contributed by atoms with Crippen molar-refractivity contribution in [1.29, 1.82) is 0 Å². The van der Waals surface area contributed by atoms with Crippen LogP contribution in [0.15, 0.2) is 0 Å². The molecule has 1 fully saturated rings. The molecule has 1 saturated heterocycles. The van der Waals surface area contributed by atoms with Crippen LogP contribution in [0.1, 0.15) is 41.0 Å². The molecule has 0 bridgehead atoms. The summed E-state index contributed by atoms with van der Waals surface area (Å²) in [6, 6.07) is 0.493. The SMILES string of the molecule is CCC(CN)N1CC(C)(C)OC(C)(C)C1. The molecule has 1 atom stereocenters.